The third-order valence-electron chi connectivity index (χ3n) is 3.13. The fraction of sp³-hybridized carbons (Fsp3) is 0.750. The molecule has 2 N–H and O–H groups in total. The summed E-state index contributed by atoms with van der Waals surface area (Å²) in [4.78, 5) is 35.3. The summed E-state index contributed by atoms with van der Waals surface area (Å²) in [6.07, 6.45) is 3.08. The van der Waals surface area contributed by atoms with Crippen LogP contribution in [0.4, 0.5) is 4.79 Å². The highest BCUT2D eigenvalue weighted by Gasteiger charge is 2.30. The number of nitrogens with one attached hydrogen (secondary N) is 1. The van der Waals surface area contributed by atoms with Gasteiger partial charge in [0.05, 0.1) is 13.5 Å². The molecule has 0 saturated carbocycles. The summed E-state index contributed by atoms with van der Waals surface area (Å²) in [5.41, 5.74) is 0. The van der Waals surface area contributed by atoms with E-state index in [1.807, 2.05) is 0 Å². The predicted octanol–water partition coefficient (Wildman–Crippen LogP) is 0.588. The smallest absolute Gasteiger partial charge is 0.326 e. The summed E-state index contributed by atoms with van der Waals surface area (Å²) in [5, 5.41) is 11.7. The zero-order chi connectivity index (χ0) is 14.3. The van der Waals surface area contributed by atoms with Crippen molar-refractivity contribution < 1.29 is 24.2 Å². The number of rotatable bonds is 4. The highest BCUT2D eigenvalue weighted by Crippen LogP contribution is 2.17. The Hall–Kier alpha value is -1.79. The van der Waals surface area contributed by atoms with Crippen molar-refractivity contribution in [1.82, 2.24) is 10.2 Å². The summed E-state index contributed by atoms with van der Waals surface area (Å²) in [7, 11) is 1.28. The average molecular weight is 272 g/mol. The van der Waals surface area contributed by atoms with Crippen LogP contribution in [-0.2, 0) is 14.3 Å². The van der Waals surface area contributed by atoms with Crippen LogP contribution in [0, 0.1) is 0 Å². The third kappa shape index (κ3) is 4.76. The summed E-state index contributed by atoms with van der Waals surface area (Å²) >= 11 is 0. The lowest BCUT2D eigenvalue weighted by Gasteiger charge is -2.26. The predicted molar refractivity (Wildman–Crippen MR) is 66.6 cm³/mol. The van der Waals surface area contributed by atoms with E-state index in [1.54, 1.807) is 0 Å². The SMILES string of the molecule is COC(=O)CCNC(=O)N1CCCCCC1C(=O)O. The van der Waals surface area contributed by atoms with Gasteiger partial charge in [-0.2, -0.15) is 0 Å². The number of aliphatic carboxylic acids is 1. The van der Waals surface area contributed by atoms with Crippen molar-refractivity contribution in [1.29, 1.82) is 0 Å². The molecule has 1 unspecified atom stereocenters. The number of hydrogen-bond acceptors (Lipinski definition) is 4. The number of methoxy groups -OCH3 is 1. The number of urea groups is 1. The molecule has 7 heteroatoms. The van der Waals surface area contributed by atoms with Crippen molar-refractivity contribution in [2.24, 2.45) is 0 Å². The van der Waals surface area contributed by atoms with Gasteiger partial charge in [0.2, 0.25) is 0 Å². The second kappa shape index (κ2) is 7.60. The minimum atomic E-state index is -0.981. The van der Waals surface area contributed by atoms with Crippen molar-refractivity contribution >= 4 is 18.0 Å². The maximum atomic E-state index is 11.9. The van der Waals surface area contributed by atoms with Gasteiger partial charge in [-0.15, -0.1) is 0 Å². The van der Waals surface area contributed by atoms with Crippen LogP contribution in [0.5, 0.6) is 0 Å². The molecule has 2 amide bonds. The molecule has 0 aromatic rings. The van der Waals surface area contributed by atoms with Gasteiger partial charge in [0.25, 0.3) is 0 Å². The van der Waals surface area contributed by atoms with E-state index in [9.17, 15) is 14.4 Å². The number of hydrogen-bond donors (Lipinski definition) is 2. The molecule has 108 valence electrons. The Morgan fingerprint density at radius 1 is 1.32 bits per heavy atom. The maximum Gasteiger partial charge on any atom is 0.326 e. The maximum absolute atomic E-state index is 11.9. The van der Waals surface area contributed by atoms with E-state index in [0.717, 1.165) is 19.3 Å². The first-order valence-electron chi connectivity index (χ1n) is 6.40. The van der Waals surface area contributed by atoms with E-state index in [-0.39, 0.29) is 13.0 Å². The van der Waals surface area contributed by atoms with Crippen LogP contribution in [0.15, 0.2) is 0 Å². The molecule has 1 rings (SSSR count). The first-order valence-corrected chi connectivity index (χ1v) is 6.40. The van der Waals surface area contributed by atoms with Gasteiger partial charge in [-0.05, 0) is 12.8 Å². The number of carboxylic acids is 1. The highest BCUT2D eigenvalue weighted by molar-refractivity contribution is 5.83. The van der Waals surface area contributed by atoms with Crippen molar-refractivity contribution in [3.8, 4) is 0 Å². The number of nitrogens with zero attached hydrogens (tertiary/aromatic N) is 1. The lowest BCUT2D eigenvalue weighted by molar-refractivity contribution is -0.142. The lowest BCUT2D eigenvalue weighted by Crippen LogP contribution is -2.49. The minimum Gasteiger partial charge on any atom is -0.480 e. The number of carbonyl (C=O) groups excluding carboxylic acids is 2. The number of ether oxygens (including phenoxy) is 1. The van der Waals surface area contributed by atoms with Crippen molar-refractivity contribution in [3.05, 3.63) is 0 Å². The van der Waals surface area contributed by atoms with Crippen LogP contribution in [0.3, 0.4) is 0 Å². The van der Waals surface area contributed by atoms with E-state index in [0.29, 0.717) is 13.0 Å². The van der Waals surface area contributed by atoms with Crippen LogP contribution in [0.2, 0.25) is 0 Å². The molecule has 1 saturated heterocycles. The number of carboxylic acid groups (broad SMARTS) is 1. The van der Waals surface area contributed by atoms with E-state index in [1.165, 1.54) is 12.0 Å². The van der Waals surface area contributed by atoms with Gasteiger partial charge in [0.1, 0.15) is 6.04 Å². The minimum absolute atomic E-state index is 0.0772. The fourth-order valence-electron chi connectivity index (χ4n) is 2.08. The van der Waals surface area contributed by atoms with Crippen LogP contribution in [0.1, 0.15) is 32.1 Å². The fourth-order valence-corrected chi connectivity index (χ4v) is 2.08. The van der Waals surface area contributed by atoms with E-state index in [4.69, 9.17) is 5.11 Å². The van der Waals surface area contributed by atoms with Gasteiger partial charge in [-0.3, -0.25) is 4.79 Å². The quantitative estimate of drug-likeness (QED) is 0.730. The second-order valence-electron chi connectivity index (χ2n) is 4.45. The molecule has 1 aliphatic rings. The van der Waals surface area contributed by atoms with Crippen LogP contribution in [-0.4, -0.2) is 54.2 Å². The Balaban J connectivity index is 2.51. The van der Waals surface area contributed by atoms with Gasteiger partial charge in [-0.1, -0.05) is 12.8 Å². The van der Waals surface area contributed by atoms with E-state index >= 15 is 0 Å². The summed E-state index contributed by atoms with van der Waals surface area (Å²) in [5.74, 6) is -1.39. The molecule has 7 nitrogen and oxygen atoms in total. The molecule has 0 spiro atoms. The van der Waals surface area contributed by atoms with Gasteiger partial charge in [0, 0.05) is 13.1 Å². The summed E-state index contributed by atoms with van der Waals surface area (Å²) < 4.78 is 4.46. The Labute approximate surface area is 111 Å². The van der Waals surface area contributed by atoms with Gasteiger partial charge in [0.15, 0.2) is 0 Å². The van der Waals surface area contributed by atoms with Gasteiger partial charge < -0.3 is 20.1 Å². The van der Waals surface area contributed by atoms with Gasteiger partial charge in [-0.25, -0.2) is 9.59 Å². The molecule has 0 bridgehead atoms. The molecule has 1 atom stereocenters. The molecular weight excluding hydrogens is 252 g/mol. The Bertz CT molecular complexity index is 345. The van der Waals surface area contributed by atoms with Crippen LogP contribution in [0.25, 0.3) is 0 Å². The largest absolute Gasteiger partial charge is 0.480 e. The molecule has 0 aliphatic carbocycles. The first kappa shape index (κ1) is 15.3. The molecule has 0 aromatic heterocycles. The van der Waals surface area contributed by atoms with Crippen LogP contribution < -0.4 is 5.32 Å². The second-order valence-corrected chi connectivity index (χ2v) is 4.45. The number of amides is 2. The normalized spacial score (nSPS) is 19.4. The number of esters is 1. The molecule has 0 aromatic carbocycles. The molecular formula is C12H20N2O5. The highest BCUT2D eigenvalue weighted by atomic mass is 16.5. The Morgan fingerprint density at radius 3 is 2.68 bits per heavy atom. The van der Waals surface area contributed by atoms with Crippen molar-refractivity contribution in [3.63, 3.8) is 0 Å². The molecule has 19 heavy (non-hydrogen) atoms. The molecule has 1 fully saturated rings. The third-order valence-corrected chi connectivity index (χ3v) is 3.13. The monoisotopic (exact) mass is 272 g/mol. The standard InChI is InChI=1S/C12H20N2O5/c1-19-10(15)6-7-13-12(18)14-8-4-2-3-5-9(14)11(16)17/h9H,2-8H2,1H3,(H,13,18)(H,16,17). The van der Waals surface area contributed by atoms with Crippen LogP contribution >= 0.6 is 0 Å². The zero-order valence-corrected chi connectivity index (χ0v) is 11.1. The Morgan fingerprint density at radius 2 is 2.05 bits per heavy atom. The molecule has 0 radical (unpaired) electrons. The van der Waals surface area contributed by atoms with E-state index < -0.39 is 24.0 Å². The van der Waals surface area contributed by atoms with Gasteiger partial charge >= 0.3 is 18.0 Å². The summed E-state index contributed by atoms with van der Waals surface area (Å²) in [6, 6.07) is -1.21. The first-order chi connectivity index (χ1) is 9.06. The summed E-state index contributed by atoms with van der Waals surface area (Å²) in [6.45, 7) is 0.579. The number of likely N-dealkylation sites (tertiary alicyclic amines) is 1. The lowest BCUT2D eigenvalue weighted by atomic mass is 10.1. The molecule has 1 aliphatic heterocycles. The number of carbonyl (C=O) groups is 3. The van der Waals surface area contributed by atoms with E-state index in [2.05, 4.69) is 10.1 Å². The average Bonchev–Trinajstić information content (AvgIpc) is 2.63. The van der Waals surface area contributed by atoms with Crippen molar-refractivity contribution in [2.45, 2.75) is 38.1 Å². The molecule has 1 heterocycles. The topological polar surface area (TPSA) is 95.9 Å². The van der Waals surface area contributed by atoms with Crippen molar-refractivity contribution in [2.75, 3.05) is 20.2 Å². The Kier molecular flexibility index (Phi) is 6.11. The zero-order valence-electron chi connectivity index (χ0n) is 11.1.